The molecule has 26 heavy (non-hydrogen) atoms. The molecule has 6 nitrogen and oxygen atoms in total. The van der Waals surface area contributed by atoms with E-state index in [1.54, 1.807) is 55.6 Å². The van der Waals surface area contributed by atoms with Crippen LogP contribution in [0.1, 0.15) is 30.0 Å². The van der Waals surface area contributed by atoms with E-state index in [1.807, 2.05) is 6.92 Å². The molecule has 2 aromatic rings. The number of rotatable bonds is 5. The second-order valence-corrected chi connectivity index (χ2v) is 6.08. The summed E-state index contributed by atoms with van der Waals surface area (Å²) in [4.78, 5) is 26.9. The van der Waals surface area contributed by atoms with Crippen LogP contribution in [0.5, 0.6) is 5.75 Å². The number of urea groups is 1. The molecule has 6 heteroatoms. The van der Waals surface area contributed by atoms with Gasteiger partial charge in [-0.3, -0.25) is 9.69 Å². The third-order valence-electron chi connectivity index (χ3n) is 4.76. The molecule has 1 saturated heterocycles. The smallest absolute Gasteiger partial charge is 0.325 e. The highest BCUT2D eigenvalue weighted by Crippen LogP contribution is 2.34. The molecule has 2 aromatic carbocycles. The Labute approximate surface area is 152 Å². The number of imide groups is 1. The standard InChI is InChI=1S/C20H19N3O3/c1-3-20(16-8-10-17(26-2)11-9-16)18(24)23(19(25)22-20)13-15-7-5-4-6-14(15)12-21/h4-11H,3,13H2,1-2H3,(H,22,25)/t20-/m0/s1. The first-order valence-corrected chi connectivity index (χ1v) is 8.32. The largest absolute Gasteiger partial charge is 0.497 e. The molecule has 1 N–H and O–H groups in total. The summed E-state index contributed by atoms with van der Waals surface area (Å²) in [5, 5.41) is 12.1. The fourth-order valence-electron chi connectivity index (χ4n) is 3.22. The van der Waals surface area contributed by atoms with Gasteiger partial charge in [0.15, 0.2) is 0 Å². The van der Waals surface area contributed by atoms with Crippen molar-refractivity contribution in [3.63, 3.8) is 0 Å². The van der Waals surface area contributed by atoms with Crippen LogP contribution in [0.3, 0.4) is 0 Å². The van der Waals surface area contributed by atoms with Gasteiger partial charge in [0.1, 0.15) is 11.3 Å². The van der Waals surface area contributed by atoms with Crippen LogP contribution in [0.4, 0.5) is 4.79 Å². The summed E-state index contributed by atoms with van der Waals surface area (Å²) < 4.78 is 5.16. The van der Waals surface area contributed by atoms with E-state index in [0.717, 1.165) is 0 Å². The summed E-state index contributed by atoms with van der Waals surface area (Å²) in [5.41, 5.74) is 0.687. The Morgan fingerprint density at radius 2 is 1.85 bits per heavy atom. The summed E-state index contributed by atoms with van der Waals surface area (Å²) in [6.45, 7) is 1.92. The molecule has 0 saturated carbocycles. The molecule has 1 heterocycles. The molecule has 0 unspecified atom stereocenters. The zero-order valence-corrected chi connectivity index (χ0v) is 14.7. The van der Waals surface area contributed by atoms with Crippen molar-refractivity contribution >= 4 is 11.9 Å². The summed E-state index contributed by atoms with van der Waals surface area (Å²) in [6.07, 6.45) is 0.417. The minimum Gasteiger partial charge on any atom is -0.497 e. The lowest BCUT2D eigenvalue weighted by Gasteiger charge is -2.26. The highest BCUT2D eigenvalue weighted by Gasteiger charge is 2.51. The van der Waals surface area contributed by atoms with E-state index < -0.39 is 11.6 Å². The lowest BCUT2D eigenvalue weighted by atomic mass is 9.87. The Morgan fingerprint density at radius 1 is 1.15 bits per heavy atom. The lowest BCUT2D eigenvalue weighted by Crippen LogP contribution is -2.43. The highest BCUT2D eigenvalue weighted by molar-refractivity contribution is 6.07. The lowest BCUT2D eigenvalue weighted by molar-refractivity contribution is -0.132. The van der Waals surface area contributed by atoms with Crippen molar-refractivity contribution in [2.24, 2.45) is 0 Å². The third kappa shape index (κ3) is 2.78. The van der Waals surface area contributed by atoms with E-state index in [0.29, 0.717) is 28.9 Å². The fraction of sp³-hybridized carbons (Fsp3) is 0.250. The van der Waals surface area contributed by atoms with Crippen LogP contribution in [0.2, 0.25) is 0 Å². The van der Waals surface area contributed by atoms with Gasteiger partial charge in [0, 0.05) is 0 Å². The van der Waals surface area contributed by atoms with Gasteiger partial charge in [0.2, 0.25) is 0 Å². The molecule has 3 amide bonds. The average molecular weight is 349 g/mol. The van der Waals surface area contributed by atoms with Gasteiger partial charge in [-0.05, 0) is 35.7 Å². The van der Waals surface area contributed by atoms with Gasteiger partial charge in [-0.1, -0.05) is 37.3 Å². The monoisotopic (exact) mass is 349 g/mol. The van der Waals surface area contributed by atoms with Crippen LogP contribution in [0.25, 0.3) is 0 Å². The molecule has 0 radical (unpaired) electrons. The first-order valence-electron chi connectivity index (χ1n) is 8.32. The van der Waals surface area contributed by atoms with Crippen molar-refractivity contribution in [3.8, 4) is 11.8 Å². The molecule has 1 atom stereocenters. The topological polar surface area (TPSA) is 82.4 Å². The van der Waals surface area contributed by atoms with Crippen LogP contribution < -0.4 is 10.1 Å². The van der Waals surface area contributed by atoms with Gasteiger partial charge >= 0.3 is 6.03 Å². The molecule has 1 aliphatic heterocycles. The normalized spacial score (nSPS) is 19.2. The van der Waals surface area contributed by atoms with E-state index in [4.69, 9.17) is 4.74 Å². The number of methoxy groups -OCH3 is 1. The van der Waals surface area contributed by atoms with E-state index in [2.05, 4.69) is 11.4 Å². The second-order valence-electron chi connectivity index (χ2n) is 6.08. The molecule has 0 spiro atoms. The quantitative estimate of drug-likeness (QED) is 0.842. The van der Waals surface area contributed by atoms with E-state index in [-0.39, 0.29) is 12.5 Å². The van der Waals surface area contributed by atoms with Crippen LogP contribution in [-0.2, 0) is 16.9 Å². The average Bonchev–Trinajstić information content (AvgIpc) is 2.93. The first kappa shape index (κ1) is 17.5. The van der Waals surface area contributed by atoms with Gasteiger partial charge in [-0.2, -0.15) is 5.26 Å². The molecular weight excluding hydrogens is 330 g/mol. The molecule has 0 aromatic heterocycles. The Bertz CT molecular complexity index is 886. The maximum atomic E-state index is 13.2. The molecule has 1 aliphatic rings. The maximum absolute atomic E-state index is 13.2. The van der Waals surface area contributed by atoms with Crippen molar-refractivity contribution in [2.45, 2.75) is 25.4 Å². The van der Waals surface area contributed by atoms with Crippen LogP contribution in [-0.4, -0.2) is 23.9 Å². The van der Waals surface area contributed by atoms with Crippen LogP contribution in [0, 0.1) is 11.3 Å². The van der Waals surface area contributed by atoms with Crippen LogP contribution in [0.15, 0.2) is 48.5 Å². The minimum atomic E-state index is -1.11. The summed E-state index contributed by atoms with van der Waals surface area (Å²) >= 11 is 0. The highest BCUT2D eigenvalue weighted by atomic mass is 16.5. The van der Waals surface area contributed by atoms with Crippen LogP contribution >= 0.6 is 0 Å². The van der Waals surface area contributed by atoms with E-state index in [1.165, 1.54) is 4.90 Å². The Morgan fingerprint density at radius 3 is 2.46 bits per heavy atom. The predicted octanol–water partition coefficient (Wildman–Crippen LogP) is 2.92. The molecule has 3 rings (SSSR count). The Balaban J connectivity index is 1.94. The summed E-state index contributed by atoms with van der Waals surface area (Å²) in [7, 11) is 1.57. The van der Waals surface area contributed by atoms with Crippen molar-refractivity contribution in [2.75, 3.05) is 7.11 Å². The minimum absolute atomic E-state index is 0.0618. The van der Waals surface area contributed by atoms with Gasteiger partial charge in [-0.15, -0.1) is 0 Å². The number of nitrogens with zero attached hydrogens (tertiary/aromatic N) is 2. The summed E-state index contributed by atoms with van der Waals surface area (Å²) in [6, 6.07) is 15.7. The van der Waals surface area contributed by atoms with E-state index in [9.17, 15) is 14.9 Å². The number of hydrogen-bond acceptors (Lipinski definition) is 4. The number of carbonyl (C=O) groups is 2. The predicted molar refractivity (Wildman–Crippen MR) is 95.2 cm³/mol. The van der Waals surface area contributed by atoms with Gasteiger partial charge in [-0.25, -0.2) is 4.79 Å². The SMILES string of the molecule is CC[C@@]1(c2ccc(OC)cc2)NC(=O)N(Cc2ccccc2C#N)C1=O. The number of nitriles is 1. The zero-order valence-electron chi connectivity index (χ0n) is 14.7. The first-order chi connectivity index (χ1) is 12.6. The molecular formula is C20H19N3O3. The zero-order chi connectivity index (χ0) is 18.7. The van der Waals surface area contributed by atoms with Crippen molar-refractivity contribution in [1.82, 2.24) is 10.2 Å². The van der Waals surface area contributed by atoms with Crippen molar-refractivity contribution in [3.05, 3.63) is 65.2 Å². The number of ether oxygens (including phenoxy) is 1. The van der Waals surface area contributed by atoms with Gasteiger partial charge < -0.3 is 10.1 Å². The molecule has 1 fully saturated rings. The molecule has 132 valence electrons. The van der Waals surface area contributed by atoms with Gasteiger partial charge in [0.25, 0.3) is 5.91 Å². The Hall–Kier alpha value is -3.33. The third-order valence-corrected chi connectivity index (χ3v) is 4.76. The number of hydrogen-bond donors (Lipinski definition) is 1. The molecule has 0 bridgehead atoms. The maximum Gasteiger partial charge on any atom is 0.325 e. The number of carbonyl (C=O) groups excluding carboxylic acids is 2. The number of benzene rings is 2. The Kier molecular flexibility index (Phi) is 4.63. The van der Waals surface area contributed by atoms with Crippen molar-refractivity contribution < 1.29 is 14.3 Å². The van der Waals surface area contributed by atoms with Gasteiger partial charge in [0.05, 0.1) is 25.3 Å². The number of amides is 3. The van der Waals surface area contributed by atoms with Crippen molar-refractivity contribution in [1.29, 1.82) is 5.26 Å². The number of nitrogens with one attached hydrogen (secondary N) is 1. The summed E-state index contributed by atoms with van der Waals surface area (Å²) in [5.74, 6) is 0.361. The fourth-order valence-corrected chi connectivity index (χ4v) is 3.22. The molecule has 0 aliphatic carbocycles. The van der Waals surface area contributed by atoms with E-state index >= 15 is 0 Å². The second kappa shape index (κ2) is 6.89.